The average Bonchev–Trinajstić information content (AvgIpc) is 2.73. The van der Waals surface area contributed by atoms with Crippen LogP contribution in [0.4, 0.5) is 11.4 Å². The van der Waals surface area contributed by atoms with E-state index in [-0.39, 0.29) is 59.5 Å². The maximum absolute atomic E-state index is 13.1. The lowest BCUT2D eigenvalue weighted by atomic mass is 9.91. The van der Waals surface area contributed by atoms with Crippen molar-refractivity contribution in [3.63, 3.8) is 0 Å². The molecule has 0 N–H and O–H groups in total. The standard InChI is InChI=1S/C29H49N2O5P.2HI/c1-23(29(2,3)4)35-37(11,32)36-28-21-25(31(8,9)10)20-27(22-28)34-18-13-12-17-33-26-16-14-15-24(19-26)30(5,6)7;;/h14-16,19-23H,12-13,17-18H2,1-11H3;2*1H/q+2;;/p-2. The predicted octanol–water partition coefficient (Wildman–Crippen LogP) is 0.979. The molecule has 2 unspecified atom stereocenters. The van der Waals surface area contributed by atoms with Crippen LogP contribution >= 0.6 is 7.60 Å². The molecular weight excluding hydrogens is 741 g/mol. The maximum atomic E-state index is 13.1. The van der Waals surface area contributed by atoms with Crippen molar-refractivity contribution in [1.29, 1.82) is 0 Å². The summed E-state index contributed by atoms with van der Waals surface area (Å²) in [6, 6.07) is 13.9. The first-order valence-electron chi connectivity index (χ1n) is 13.0. The van der Waals surface area contributed by atoms with Crippen LogP contribution in [0.1, 0.15) is 40.5 Å². The van der Waals surface area contributed by atoms with Gasteiger partial charge in [-0.25, -0.2) is 4.57 Å². The van der Waals surface area contributed by atoms with Crippen LogP contribution in [0, 0.1) is 5.41 Å². The fourth-order valence-corrected chi connectivity index (χ4v) is 4.74. The number of nitrogens with zero attached hydrogens (tertiary/aromatic N) is 2. The van der Waals surface area contributed by atoms with Crippen LogP contribution < -0.4 is 70.9 Å². The summed E-state index contributed by atoms with van der Waals surface area (Å²) >= 11 is 0. The molecule has 0 amide bonds. The van der Waals surface area contributed by atoms with Crippen molar-refractivity contribution >= 4 is 19.0 Å². The second-order valence-electron chi connectivity index (χ2n) is 12.6. The molecule has 0 aromatic heterocycles. The van der Waals surface area contributed by atoms with E-state index in [9.17, 15) is 4.57 Å². The Morgan fingerprint density at radius 3 is 1.77 bits per heavy atom. The van der Waals surface area contributed by atoms with E-state index in [2.05, 4.69) is 75.2 Å². The molecule has 0 bridgehead atoms. The molecule has 7 nitrogen and oxygen atoms in total. The summed E-state index contributed by atoms with van der Waals surface area (Å²) in [5.41, 5.74) is 2.04. The highest BCUT2D eigenvalue weighted by molar-refractivity contribution is 7.53. The summed E-state index contributed by atoms with van der Waals surface area (Å²) in [6.07, 6.45) is 1.49. The first-order chi connectivity index (χ1) is 16.9. The van der Waals surface area contributed by atoms with Gasteiger partial charge in [0.15, 0.2) is 0 Å². The zero-order chi connectivity index (χ0) is 28.1. The summed E-state index contributed by atoms with van der Waals surface area (Å²) in [5.74, 6) is 2.05. The smallest absolute Gasteiger partial charge is 0.376 e. The van der Waals surface area contributed by atoms with Crippen molar-refractivity contribution in [3.05, 3.63) is 42.5 Å². The Hall–Kier alpha value is -0.590. The van der Waals surface area contributed by atoms with E-state index in [0.717, 1.165) is 28.8 Å². The SMILES string of the molecule is CC(OP(C)(=O)Oc1cc(OCCCCOc2cccc([N+](C)(C)C)c2)cc([N+](C)(C)C)c1)C(C)(C)C.[I-].[I-]. The maximum Gasteiger partial charge on any atom is 0.376 e. The minimum absolute atomic E-state index is 0. The number of rotatable bonds is 13. The van der Waals surface area contributed by atoms with Gasteiger partial charge in [0.1, 0.15) is 28.6 Å². The van der Waals surface area contributed by atoms with E-state index < -0.39 is 7.60 Å². The Kier molecular flexibility index (Phi) is 15.3. The molecule has 2 aromatic carbocycles. The first kappa shape index (κ1) is 38.4. The molecular formula is C29H49I2N2O5P. The van der Waals surface area contributed by atoms with Gasteiger partial charge in [-0.15, -0.1) is 0 Å². The van der Waals surface area contributed by atoms with Crippen LogP contribution in [-0.4, -0.2) is 68.3 Å². The van der Waals surface area contributed by atoms with Crippen molar-refractivity contribution in [1.82, 2.24) is 8.97 Å². The van der Waals surface area contributed by atoms with Crippen LogP contribution in [0.15, 0.2) is 42.5 Å². The number of hydrogen-bond donors (Lipinski definition) is 0. The molecule has 0 fully saturated rings. The van der Waals surface area contributed by atoms with E-state index in [1.807, 2.05) is 31.2 Å². The van der Waals surface area contributed by atoms with Gasteiger partial charge in [0.05, 0.1) is 61.6 Å². The molecule has 0 radical (unpaired) electrons. The molecule has 2 aromatic rings. The molecule has 0 saturated heterocycles. The quantitative estimate of drug-likeness (QED) is 0.131. The van der Waals surface area contributed by atoms with Gasteiger partial charge < -0.3 is 62.0 Å². The Balaban J connectivity index is 0.00000722. The van der Waals surface area contributed by atoms with Crippen LogP contribution in [0.3, 0.4) is 0 Å². The second kappa shape index (κ2) is 15.6. The fourth-order valence-electron chi connectivity index (χ4n) is 3.31. The van der Waals surface area contributed by atoms with E-state index in [1.165, 1.54) is 12.4 Å². The summed E-state index contributed by atoms with van der Waals surface area (Å²) in [6.45, 7) is 10.8. The Labute approximate surface area is 271 Å². The van der Waals surface area contributed by atoms with Gasteiger partial charge in [0.25, 0.3) is 0 Å². The second-order valence-corrected chi connectivity index (χ2v) is 14.5. The molecule has 0 aliphatic rings. The third-order valence-corrected chi connectivity index (χ3v) is 7.39. The number of quaternary nitrogens is 2. The van der Waals surface area contributed by atoms with Crippen molar-refractivity contribution in [2.45, 2.75) is 46.6 Å². The Morgan fingerprint density at radius 2 is 1.26 bits per heavy atom. The molecule has 0 aliphatic carbocycles. The molecule has 2 rings (SSSR count). The number of unbranched alkanes of at least 4 members (excludes halogenated alkanes) is 1. The molecule has 224 valence electrons. The predicted molar refractivity (Wildman–Crippen MR) is 156 cm³/mol. The van der Waals surface area contributed by atoms with Crippen LogP contribution in [0.5, 0.6) is 17.2 Å². The summed E-state index contributed by atoms with van der Waals surface area (Å²) in [5, 5.41) is 0. The number of benzene rings is 2. The van der Waals surface area contributed by atoms with Crippen molar-refractivity contribution < 1.29 is 71.0 Å². The van der Waals surface area contributed by atoms with Gasteiger partial charge in [0.2, 0.25) is 0 Å². The normalized spacial score (nSPS) is 14.3. The Morgan fingerprint density at radius 1 is 0.769 bits per heavy atom. The number of hydrogen-bond acceptors (Lipinski definition) is 5. The zero-order valence-electron chi connectivity index (χ0n) is 25.6. The average molecular weight is 791 g/mol. The fraction of sp³-hybridized carbons (Fsp3) is 0.586. The molecule has 0 saturated carbocycles. The topological polar surface area (TPSA) is 54.0 Å². The highest BCUT2D eigenvalue weighted by atomic mass is 127. The Bertz CT molecular complexity index is 1080. The van der Waals surface area contributed by atoms with E-state index in [4.69, 9.17) is 18.5 Å². The monoisotopic (exact) mass is 790 g/mol. The van der Waals surface area contributed by atoms with Crippen molar-refractivity contribution in [2.24, 2.45) is 5.41 Å². The van der Waals surface area contributed by atoms with E-state index >= 15 is 0 Å². The van der Waals surface area contributed by atoms with E-state index in [1.54, 1.807) is 6.07 Å². The third-order valence-electron chi connectivity index (χ3n) is 6.15. The highest BCUT2D eigenvalue weighted by Crippen LogP contribution is 2.49. The largest absolute Gasteiger partial charge is 1.00 e. The van der Waals surface area contributed by atoms with Crippen molar-refractivity contribution in [3.8, 4) is 17.2 Å². The third kappa shape index (κ3) is 13.7. The minimum atomic E-state index is -3.32. The van der Waals surface area contributed by atoms with Gasteiger partial charge in [-0.05, 0) is 37.3 Å². The summed E-state index contributed by atoms with van der Waals surface area (Å²) in [4.78, 5) is 0. The number of halogens is 2. The first-order valence-corrected chi connectivity index (χ1v) is 15.0. The van der Waals surface area contributed by atoms with Crippen LogP contribution in [-0.2, 0) is 9.09 Å². The van der Waals surface area contributed by atoms with Gasteiger partial charge in [-0.2, -0.15) is 0 Å². The highest BCUT2D eigenvalue weighted by Gasteiger charge is 2.30. The molecule has 10 heteroatoms. The van der Waals surface area contributed by atoms with Gasteiger partial charge in [-0.3, -0.25) is 13.5 Å². The lowest BCUT2D eigenvalue weighted by Gasteiger charge is -2.30. The minimum Gasteiger partial charge on any atom is -1.00 e. The summed E-state index contributed by atoms with van der Waals surface area (Å²) < 4.78 is 38.2. The van der Waals surface area contributed by atoms with Gasteiger partial charge in [-0.1, -0.05) is 26.8 Å². The van der Waals surface area contributed by atoms with Gasteiger partial charge >= 0.3 is 7.60 Å². The van der Waals surface area contributed by atoms with E-state index in [0.29, 0.717) is 29.2 Å². The molecule has 0 spiro atoms. The van der Waals surface area contributed by atoms with Crippen LogP contribution in [0.25, 0.3) is 0 Å². The lowest BCUT2D eigenvalue weighted by molar-refractivity contribution is -0.001000. The lowest BCUT2D eigenvalue weighted by Crippen LogP contribution is -3.00. The molecule has 0 heterocycles. The van der Waals surface area contributed by atoms with Crippen molar-refractivity contribution in [2.75, 3.05) is 62.2 Å². The zero-order valence-corrected chi connectivity index (χ0v) is 30.8. The molecule has 2 atom stereocenters. The molecule has 0 aliphatic heterocycles. The molecule has 39 heavy (non-hydrogen) atoms. The van der Waals surface area contributed by atoms with Gasteiger partial charge in [0, 0.05) is 30.9 Å². The summed E-state index contributed by atoms with van der Waals surface area (Å²) in [7, 11) is 9.29. The van der Waals surface area contributed by atoms with Crippen LogP contribution in [0.2, 0.25) is 0 Å². The number of ether oxygens (including phenoxy) is 2.